The first-order valence-electron chi connectivity index (χ1n) is 6.92. The summed E-state index contributed by atoms with van der Waals surface area (Å²) in [5.41, 5.74) is 0.274. The van der Waals surface area contributed by atoms with Crippen LogP contribution in [0.3, 0.4) is 0 Å². The second-order valence-corrected chi connectivity index (χ2v) is 6.54. The largest absolute Gasteiger partial charge is 0.480 e. The topological polar surface area (TPSA) is 40.5 Å². The van der Waals surface area contributed by atoms with Crippen molar-refractivity contribution in [3.05, 3.63) is 0 Å². The lowest BCUT2D eigenvalue weighted by Crippen LogP contribution is -2.52. The van der Waals surface area contributed by atoms with Crippen molar-refractivity contribution < 1.29 is 9.90 Å². The fourth-order valence-electron chi connectivity index (χ4n) is 3.80. The number of carboxylic acids is 1. The summed E-state index contributed by atoms with van der Waals surface area (Å²) in [6.45, 7) is 7.65. The highest BCUT2D eigenvalue weighted by molar-refractivity contribution is 5.74. The van der Waals surface area contributed by atoms with Gasteiger partial charge in [-0.3, -0.25) is 9.69 Å². The summed E-state index contributed by atoms with van der Waals surface area (Å²) in [7, 11) is 0. The summed E-state index contributed by atoms with van der Waals surface area (Å²) in [6.07, 6.45) is 5.98. The molecule has 2 rings (SSSR count). The van der Waals surface area contributed by atoms with E-state index in [1.807, 2.05) is 0 Å². The summed E-state index contributed by atoms with van der Waals surface area (Å²) in [6, 6.07) is 0.208. The first kappa shape index (κ1) is 12.9. The maximum atomic E-state index is 11.4. The van der Waals surface area contributed by atoms with Crippen molar-refractivity contribution >= 4 is 5.97 Å². The first-order valence-corrected chi connectivity index (χ1v) is 6.92. The number of aliphatic carboxylic acids is 1. The Hall–Kier alpha value is -0.570. The summed E-state index contributed by atoms with van der Waals surface area (Å²) in [5, 5.41) is 9.41. The molecule has 98 valence electrons. The summed E-state index contributed by atoms with van der Waals surface area (Å²) in [4.78, 5) is 13.7. The predicted octanol–water partition coefficient (Wildman–Crippen LogP) is 2.75. The van der Waals surface area contributed by atoms with E-state index in [0.717, 1.165) is 13.0 Å². The number of hydrogen-bond donors (Lipinski definition) is 1. The van der Waals surface area contributed by atoms with Crippen LogP contribution < -0.4 is 0 Å². The Kier molecular flexibility index (Phi) is 3.48. The van der Waals surface area contributed by atoms with Gasteiger partial charge in [0.2, 0.25) is 0 Å². The van der Waals surface area contributed by atoms with E-state index in [1.165, 1.54) is 25.7 Å². The molecule has 2 aliphatic rings. The van der Waals surface area contributed by atoms with E-state index in [2.05, 4.69) is 25.7 Å². The lowest BCUT2D eigenvalue weighted by Gasteiger charge is -2.45. The summed E-state index contributed by atoms with van der Waals surface area (Å²) >= 11 is 0. The van der Waals surface area contributed by atoms with Gasteiger partial charge >= 0.3 is 5.97 Å². The average Bonchev–Trinajstić information content (AvgIpc) is 2.59. The normalized spacial score (nSPS) is 38.2. The van der Waals surface area contributed by atoms with Gasteiger partial charge < -0.3 is 5.11 Å². The molecule has 0 bridgehead atoms. The van der Waals surface area contributed by atoms with Gasteiger partial charge in [0.25, 0.3) is 0 Å². The molecule has 0 aromatic carbocycles. The molecule has 1 saturated carbocycles. The molecule has 1 saturated heterocycles. The highest BCUT2D eigenvalue weighted by atomic mass is 16.4. The Balaban J connectivity index is 2.18. The number of carboxylic acid groups (broad SMARTS) is 1. The maximum Gasteiger partial charge on any atom is 0.321 e. The standard InChI is InChI=1S/C14H25NO2/c1-10-7-9-15(12(10)13(16)17)11-6-4-5-8-14(11,2)3/h10-12H,4-9H2,1-3H3,(H,16,17). The monoisotopic (exact) mass is 239 g/mol. The average molecular weight is 239 g/mol. The lowest BCUT2D eigenvalue weighted by molar-refractivity contribution is -0.145. The minimum absolute atomic E-state index is 0.252. The second-order valence-electron chi connectivity index (χ2n) is 6.54. The molecule has 0 aromatic heterocycles. The van der Waals surface area contributed by atoms with Crippen molar-refractivity contribution in [2.45, 2.75) is 65.0 Å². The molecule has 0 aromatic rings. The van der Waals surface area contributed by atoms with Crippen LogP contribution in [0, 0.1) is 11.3 Å². The molecule has 0 radical (unpaired) electrons. The Bertz CT molecular complexity index is 301. The zero-order valence-corrected chi connectivity index (χ0v) is 11.3. The Labute approximate surface area is 104 Å². The third-order valence-electron chi connectivity index (χ3n) is 4.84. The smallest absolute Gasteiger partial charge is 0.321 e. The summed E-state index contributed by atoms with van der Waals surface area (Å²) < 4.78 is 0. The van der Waals surface area contributed by atoms with E-state index >= 15 is 0 Å². The fourth-order valence-corrected chi connectivity index (χ4v) is 3.80. The first-order chi connectivity index (χ1) is 7.93. The van der Waals surface area contributed by atoms with Crippen molar-refractivity contribution in [3.8, 4) is 0 Å². The van der Waals surface area contributed by atoms with Crippen molar-refractivity contribution in [2.24, 2.45) is 11.3 Å². The number of rotatable bonds is 2. The molecule has 1 N–H and O–H groups in total. The SMILES string of the molecule is CC1CCN(C2CCCCC2(C)C)C1C(=O)O. The van der Waals surface area contributed by atoms with E-state index in [1.54, 1.807) is 0 Å². The number of likely N-dealkylation sites (tertiary alicyclic amines) is 1. The van der Waals surface area contributed by atoms with Crippen LogP contribution in [0.5, 0.6) is 0 Å². The molecule has 0 spiro atoms. The minimum Gasteiger partial charge on any atom is -0.480 e. The van der Waals surface area contributed by atoms with Crippen molar-refractivity contribution in [1.82, 2.24) is 4.90 Å². The third kappa shape index (κ3) is 2.35. The molecule has 3 atom stereocenters. The number of carbonyl (C=O) groups is 1. The minimum atomic E-state index is -0.628. The zero-order valence-electron chi connectivity index (χ0n) is 11.3. The van der Waals surface area contributed by atoms with Gasteiger partial charge in [0.05, 0.1) is 0 Å². The van der Waals surface area contributed by atoms with Crippen LogP contribution in [-0.4, -0.2) is 34.6 Å². The molecule has 17 heavy (non-hydrogen) atoms. The van der Waals surface area contributed by atoms with Gasteiger partial charge in [0.1, 0.15) is 6.04 Å². The Morgan fingerprint density at radius 2 is 2.00 bits per heavy atom. The highest BCUT2D eigenvalue weighted by Crippen LogP contribution is 2.42. The maximum absolute atomic E-state index is 11.4. The lowest BCUT2D eigenvalue weighted by atomic mass is 9.72. The second kappa shape index (κ2) is 4.60. The highest BCUT2D eigenvalue weighted by Gasteiger charge is 2.45. The van der Waals surface area contributed by atoms with Gasteiger partial charge in [-0.15, -0.1) is 0 Å². The number of hydrogen-bond acceptors (Lipinski definition) is 2. The van der Waals surface area contributed by atoms with Gasteiger partial charge in [-0.1, -0.05) is 33.6 Å². The quantitative estimate of drug-likeness (QED) is 0.805. The van der Waals surface area contributed by atoms with Crippen molar-refractivity contribution in [1.29, 1.82) is 0 Å². The molecule has 2 fully saturated rings. The molecule has 3 nitrogen and oxygen atoms in total. The van der Waals surface area contributed by atoms with Crippen LogP contribution in [0.2, 0.25) is 0 Å². The van der Waals surface area contributed by atoms with Crippen LogP contribution in [0.1, 0.15) is 52.9 Å². The number of nitrogens with zero attached hydrogens (tertiary/aromatic N) is 1. The molecular weight excluding hydrogens is 214 g/mol. The molecule has 1 heterocycles. The van der Waals surface area contributed by atoms with Crippen LogP contribution >= 0.6 is 0 Å². The third-order valence-corrected chi connectivity index (χ3v) is 4.84. The van der Waals surface area contributed by atoms with Gasteiger partial charge in [0.15, 0.2) is 0 Å². The van der Waals surface area contributed by atoms with Gasteiger partial charge in [0, 0.05) is 6.04 Å². The van der Waals surface area contributed by atoms with Crippen molar-refractivity contribution in [3.63, 3.8) is 0 Å². The van der Waals surface area contributed by atoms with Crippen molar-refractivity contribution in [2.75, 3.05) is 6.54 Å². The molecule has 0 amide bonds. The van der Waals surface area contributed by atoms with Gasteiger partial charge in [-0.2, -0.15) is 0 Å². The molecule has 1 aliphatic carbocycles. The zero-order chi connectivity index (χ0) is 12.6. The van der Waals surface area contributed by atoms with E-state index in [-0.39, 0.29) is 11.5 Å². The van der Waals surface area contributed by atoms with E-state index < -0.39 is 5.97 Å². The fraction of sp³-hybridized carbons (Fsp3) is 0.929. The van der Waals surface area contributed by atoms with Gasteiger partial charge in [-0.25, -0.2) is 0 Å². The summed E-state index contributed by atoms with van der Waals surface area (Å²) in [5.74, 6) is -0.332. The van der Waals surface area contributed by atoms with E-state index in [4.69, 9.17) is 0 Å². The van der Waals surface area contributed by atoms with Crippen LogP contribution in [0.15, 0.2) is 0 Å². The van der Waals surface area contributed by atoms with Crippen LogP contribution in [0.25, 0.3) is 0 Å². The molecule has 3 heteroatoms. The van der Waals surface area contributed by atoms with E-state index in [0.29, 0.717) is 12.0 Å². The molecule has 1 aliphatic heterocycles. The van der Waals surface area contributed by atoms with Crippen LogP contribution in [0.4, 0.5) is 0 Å². The molecule has 3 unspecified atom stereocenters. The Morgan fingerprint density at radius 1 is 1.29 bits per heavy atom. The van der Waals surface area contributed by atoms with E-state index in [9.17, 15) is 9.90 Å². The Morgan fingerprint density at radius 3 is 2.59 bits per heavy atom. The predicted molar refractivity (Wildman–Crippen MR) is 67.9 cm³/mol. The molecular formula is C14H25NO2. The van der Waals surface area contributed by atoms with Gasteiger partial charge in [-0.05, 0) is 37.1 Å². The van der Waals surface area contributed by atoms with Crippen LogP contribution in [-0.2, 0) is 4.79 Å².